The van der Waals surface area contributed by atoms with Gasteiger partial charge in [0.2, 0.25) is 0 Å². The summed E-state index contributed by atoms with van der Waals surface area (Å²) in [5, 5.41) is 0.903. The number of hydrogen-bond donors (Lipinski definition) is 0. The second kappa shape index (κ2) is 1.71. The van der Waals surface area contributed by atoms with E-state index in [4.69, 9.17) is 0 Å². The summed E-state index contributed by atoms with van der Waals surface area (Å²) < 4.78 is 0. The van der Waals surface area contributed by atoms with Crippen molar-refractivity contribution in [1.29, 1.82) is 0 Å². The summed E-state index contributed by atoms with van der Waals surface area (Å²) in [6.45, 7) is 3.60. The van der Waals surface area contributed by atoms with Gasteiger partial charge in [-0.05, 0) is 21.6 Å². The van der Waals surface area contributed by atoms with Crippen LogP contribution in [0.2, 0.25) is 0 Å². The second-order valence-electron chi connectivity index (χ2n) is 0.808. The highest BCUT2D eigenvalue weighted by Gasteiger charge is 1.95. The molecule has 0 bridgehead atoms. The Labute approximate surface area is 44.3 Å². The molecule has 0 aromatic rings. The minimum Gasteiger partial charge on any atom is -0.242 e. The number of hydrogen-bond acceptors (Lipinski definition) is 3. The summed E-state index contributed by atoms with van der Waals surface area (Å²) in [5.41, 5.74) is 1.78. The Morgan fingerprint density at radius 2 is 2.67 bits per heavy atom. The zero-order valence-electron chi connectivity index (χ0n) is 3.05. The summed E-state index contributed by atoms with van der Waals surface area (Å²) in [5.74, 6) is 0. The van der Waals surface area contributed by atoms with Crippen LogP contribution in [-0.2, 0) is 0 Å². The maximum Gasteiger partial charge on any atom is 0.100 e. The third kappa shape index (κ3) is 0.786. The third-order valence-electron chi connectivity index (χ3n) is 0.384. The highest BCUT2D eigenvalue weighted by atomic mass is 33.1. The molecule has 0 amide bonds. The lowest BCUT2D eigenvalue weighted by molar-refractivity contribution is 1.60. The van der Waals surface area contributed by atoms with E-state index in [0.29, 0.717) is 0 Å². The van der Waals surface area contributed by atoms with Crippen LogP contribution < -0.4 is 0 Å². The topological polar surface area (TPSA) is 12.4 Å². The molecule has 0 saturated heterocycles. The molecule has 0 aromatic carbocycles. The maximum atomic E-state index is 3.84. The lowest BCUT2D eigenvalue weighted by Crippen LogP contribution is -1.45. The molecule has 0 aliphatic carbocycles. The Balaban J connectivity index is 2.59. The Morgan fingerprint density at radius 3 is 2.83 bits per heavy atom. The first kappa shape index (κ1) is 4.27. The van der Waals surface area contributed by atoms with Crippen molar-refractivity contribution in [2.24, 2.45) is 4.99 Å². The average Bonchev–Trinajstić information content (AvgIpc) is 1.86. The Morgan fingerprint density at radius 1 is 1.83 bits per heavy atom. The van der Waals surface area contributed by atoms with Crippen molar-refractivity contribution in [2.45, 2.75) is 0 Å². The SMILES string of the molecule is C=C1N=CSS1. The quantitative estimate of drug-likeness (QED) is 0.449. The van der Waals surface area contributed by atoms with Gasteiger partial charge in [0.05, 0.1) is 5.55 Å². The van der Waals surface area contributed by atoms with Crippen molar-refractivity contribution >= 4 is 27.1 Å². The smallest absolute Gasteiger partial charge is 0.100 e. The molecule has 3 heteroatoms. The predicted octanol–water partition coefficient (Wildman–Crippen LogP) is 1.88. The molecule has 1 aliphatic heterocycles. The molecule has 0 spiro atoms. The molecule has 1 nitrogen and oxygen atoms in total. The molecule has 0 radical (unpaired) electrons. The molecular weight excluding hydrogens is 114 g/mol. The number of rotatable bonds is 0. The zero-order chi connectivity index (χ0) is 4.41. The number of nitrogens with zero attached hydrogens (tertiary/aromatic N) is 1. The average molecular weight is 117 g/mol. The molecule has 0 fully saturated rings. The highest BCUT2D eigenvalue weighted by molar-refractivity contribution is 8.83. The van der Waals surface area contributed by atoms with Crippen LogP contribution in [0.25, 0.3) is 0 Å². The zero-order valence-corrected chi connectivity index (χ0v) is 4.68. The lowest BCUT2D eigenvalue weighted by atomic mass is 11.0. The summed E-state index contributed by atoms with van der Waals surface area (Å²) in [7, 11) is 3.20. The van der Waals surface area contributed by atoms with Gasteiger partial charge in [-0.2, -0.15) is 0 Å². The van der Waals surface area contributed by atoms with Gasteiger partial charge in [0.25, 0.3) is 0 Å². The molecule has 1 aliphatic rings. The monoisotopic (exact) mass is 117 g/mol. The van der Waals surface area contributed by atoms with Gasteiger partial charge in [0, 0.05) is 0 Å². The van der Waals surface area contributed by atoms with Crippen LogP contribution in [0, 0.1) is 0 Å². The van der Waals surface area contributed by atoms with Crippen molar-refractivity contribution in [1.82, 2.24) is 0 Å². The van der Waals surface area contributed by atoms with Gasteiger partial charge >= 0.3 is 0 Å². The molecule has 1 rings (SSSR count). The van der Waals surface area contributed by atoms with Gasteiger partial charge in [-0.1, -0.05) is 6.58 Å². The van der Waals surface area contributed by atoms with Crippen molar-refractivity contribution < 1.29 is 0 Å². The van der Waals surface area contributed by atoms with Crippen LogP contribution in [0.15, 0.2) is 16.6 Å². The van der Waals surface area contributed by atoms with E-state index in [9.17, 15) is 0 Å². The van der Waals surface area contributed by atoms with E-state index in [2.05, 4.69) is 11.6 Å². The molecule has 0 saturated carbocycles. The standard InChI is InChI=1S/C3H3NS2/c1-3-4-2-5-6-3/h2H,1H2. The molecule has 0 N–H and O–H groups in total. The van der Waals surface area contributed by atoms with E-state index in [1.54, 1.807) is 27.1 Å². The molecule has 0 unspecified atom stereocenters. The molecule has 0 atom stereocenters. The first-order valence-corrected chi connectivity index (χ1v) is 3.65. The van der Waals surface area contributed by atoms with E-state index in [-0.39, 0.29) is 0 Å². The van der Waals surface area contributed by atoms with Gasteiger partial charge < -0.3 is 0 Å². The summed E-state index contributed by atoms with van der Waals surface area (Å²) in [4.78, 5) is 3.84. The van der Waals surface area contributed by atoms with Gasteiger partial charge in [0.1, 0.15) is 5.03 Å². The van der Waals surface area contributed by atoms with Crippen molar-refractivity contribution in [2.75, 3.05) is 0 Å². The molecule has 1 heterocycles. The Kier molecular flexibility index (Phi) is 1.22. The van der Waals surface area contributed by atoms with Crippen molar-refractivity contribution in [3.8, 4) is 0 Å². The van der Waals surface area contributed by atoms with Crippen LogP contribution in [0.1, 0.15) is 0 Å². The summed E-state index contributed by atoms with van der Waals surface area (Å²) in [6.07, 6.45) is 0. The van der Waals surface area contributed by atoms with Crippen LogP contribution in [0.4, 0.5) is 0 Å². The van der Waals surface area contributed by atoms with Gasteiger partial charge in [-0.25, -0.2) is 4.99 Å². The lowest BCUT2D eigenvalue weighted by Gasteiger charge is -1.75. The maximum absolute atomic E-state index is 3.84. The van der Waals surface area contributed by atoms with E-state index in [1.165, 1.54) is 0 Å². The minimum absolute atomic E-state index is 0.903. The highest BCUT2D eigenvalue weighted by Crippen LogP contribution is 2.33. The van der Waals surface area contributed by atoms with Crippen LogP contribution in [0.3, 0.4) is 0 Å². The van der Waals surface area contributed by atoms with E-state index >= 15 is 0 Å². The first-order valence-electron chi connectivity index (χ1n) is 1.44. The van der Waals surface area contributed by atoms with Gasteiger partial charge in [0.15, 0.2) is 0 Å². The first-order chi connectivity index (χ1) is 2.89. The molecule has 0 aromatic heterocycles. The molecule has 32 valence electrons. The fourth-order valence-corrected chi connectivity index (χ4v) is 1.39. The fourth-order valence-electron chi connectivity index (χ4n) is 0.179. The van der Waals surface area contributed by atoms with Crippen molar-refractivity contribution in [3.05, 3.63) is 11.6 Å². The fraction of sp³-hybridized carbons (Fsp3) is 0. The van der Waals surface area contributed by atoms with Crippen molar-refractivity contribution in [3.63, 3.8) is 0 Å². The second-order valence-corrected chi connectivity index (χ2v) is 2.93. The Hall–Kier alpha value is 0.110. The largest absolute Gasteiger partial charge is 0.242 e. The van der Waals surface area contributed by atoms with Gasteiger partial charge in [-0.3, -0.25) is 0 Å². The van der Waals surface area contributed by atoms with E-state index in [0.717, 1.165) is 5.03 Å². The minimum atomic E-state index is 0.903. The molecule has 6 heavy (non-hydrogen) atoms. The normalized spacial score (nSPS) is 19.7. The van der Waals surface area contributed by atoms with Crippen LogP contribution >= 0.6 is 21.6 Å². The van der Waals surface area contributed by atoms with Crippen LogP contribution in [0.5, 0.6) is 0 Å². The van der Waals surface area contributed by atoms with Gasteiger partial charge in [-0.15, -0.1) is 0 Å². The van der Waals surface area contributed by atoms with E-state index in [1.807, 2.05) is 0 Å². The van der Waals surface area contributed by atoms with E-state index < -0.39 is 0 Å². The van der Waals surface area contributed by atoms with Crippen LogP contribution in [-0.4, -0.2) is 5.55 Å². The Bertz CT molecular complexity index is 97.0. The summed E-state index contributed by atoms with van der Waals surface area (Å²) >= 11 is 0. The third-order valence-corrected chi connectivity index (χ3v) is 2.09. The predicted molar refractivity (Wildman–Crippen MR) is 32.8 cm³/mol. The molecular formula is C3H3NS2. The summed E-state index contributed by atoms with van der Waals surface area (Å²) in [6, 6.07) is 0. The number of aliphatic imine (C=N–C) groups is 1.